The molecule has 0 saturated carbocycles. The van der Waals surface area contributed by atoms with Crippen molar-refractivity contribution in [2.75, 3.05) is 36.0 Å². The Morgan fingerprint density at radius 3 is 1.84 bits per heavy atom. The van der Waals surface area contributed by atoms with Crippen LogP contribution in [0, 0.1) is 6.92 Å². The molecule has 0 aromatic heterocycles. The zero-order valence-electron chi connectivity index (χ0n) is 14.7. The van der Waals surface area contributed by atoms with Gasteiger partial charge in [-0.3, -0.25) is 0 Å². The van der Waals surface area contributed by atoms with E-state index in [2.05, 4.69) is 95.6 Å². The summed E-state index contributed by atoms with van der Waals surface area (Å²) in [4.78, 5) is 4.98. The Morgan fingerprint density at radius 1 is 0.560 bits per heavy atom. The molecule has 0 atom stereocenters. The second kappa shape index (κ2) is 7.02. The third kappa shape index (κ3) is 3.53. The van der Waals surface area contributed by atoms with Crippen LogP contribution in [0.1, 0.15) is 5.56 Å². The van der Waals surface area contributed by atoms with E-state index in [4.69, 9.17) is 0 Å². The zero-order chi connectivity index (χ0) is 17.1. The molecular weight excluding hydrogens is 304 g/mol. The van der Waals surface area contributed by atoms with E-state index >= 15 is 0 Å². The number of aryl methyl sites for hydroxylation is 1. The molecule has 1 heterocycles. The number of hydrogen-bond acceptors (Lipinski definition) is 2. The monoisotopic (exact) mass is 328 g/mol. The number of nitrogens with zero attached hydrogens (tertiary/aromatic N) is 2. The van der Waals surface area contributed by atoms with Crippen molar-refractivity contribution in [1.82, 2.24) is 0 Å². The first-order valence-electron chi connectivity index (χ1n) is 9.02. The van der Waals surface area contributed by atoms with Crippen LogP contribution in [-0.2, 0) is 0 Å². The Morgan fingerprint density at radius 2 is 1.16 bits per heavy atom. The smallest absolute Gasteiger partial charge is 0.0373 e. The molecular formula is C23H24N2. The fourth-order valence-electron chi connectivity index (χ4n) is 3.49. The molecule has 2 nitrogen and oxygen atoms in total. The van der Waals surface area contributed by atoms with Crippen molar-refractivity contribution in [2.24, 2.45) is 0 Å². The van der Waals surface area contributed by atoms with Gasteiger partial charge in [-0.05, 0) is 42.3 Å². The molecule has 1 aliphatic heterocycles. The Balaban J connectivity index is 1.47. The summed E-state index contributed by atoms with van der Waals surface area (Å²) in [5.41, 5.74) is 6.55. The Hall–Kier alpha value is -2.74. The fourth-order valence-corrected chi connectivity index (χ4v) is 3.49. The standard InChI is InChI=1S/C23H24N2/c1-19-10-12-22(13-11-19)24-14-16-25(17-15-24)23-9-5-8-21(18-23)20-6-3-2-4-7-20/h2-13,18H,14-17H2,1H3. The van der Waals surface area contributed by atoms with Gasteiger partial charge in [0.2, 0.25) is 0 Å². The molecule has 2 heteroatoms. The number of anilines is 2. The number of piperazine rings is 1. The molecule has 4 rings (SSSR count). The highest BCUT2D eigenvalue weighted by Crippen LogP contribution is 2.26. The van der Waals surface area contributed by atoms with Crippen molar-refractivity contribution in [2.45, 2.75) is 6.92 Å². The maximum Gasteiger partial charge on any atom is 0.0373 e. The average molecular weight is 328 g/mol. The van der Waals surface area contributed by atoms with Crippen LogP contribution < -0.4 is 9.80 Å². The minimum atomic E-state index is 1.06. The lowest BCUT2D eigenvalue weighted by Crippen LogP contribution is -2.46. The van der Waals surface area contributed by atoms with Gasteiger partial charge >= 0.3 is 0 Å². The SMILES string of the molecule is Cc1ccc(N2CCN(c3cccc(-c4ccccc4)c3)CC2)cc1. The van der Waals surface area contributed by atoms with E-state index in [1.165, 1.54) is 28.1 Å². The second-order valence-electron chi connectivity index (χ2n) is 6.73. The summed E-state index contributed by atoms with van der Waals surface area (Å²) in [5, 5.41) is 0. The lowest BCUT2D eigenvalue weighted by molar-refractivity contribution is 0.653. The van der Waals surface area contributed by atoms with Gasteiger partial charge in [0.15, 0.2) is 0 Å². The molecule has 0 bridgehead atoms. The highest BCUT2D eigenvalue weighted by molar-refractivity contribution is 5.68. The number of rotatable bonds is 3. The first-order valence-corrected chi connectivity index (χ1v) is 9.02. The highest BCUT2D eigenvalue weighted by atomic mass is 15.3. The number of benzene rings is 3. The van der Waals surface area contributed by atoms with Gasteiger partial charge < -0.3 is 9.80 Å². The highest BCUT2D eigenvalue weighted by Gasteiger charge is 2.17. The topological polar surface area (TPSA) is 6.48 Å². The maximum absolute atomic E-state index is 2.50. The van der Waals surface area contributed by atoms with Crippen molar-refractivity contribution in [3.8, 4) is 11.1 Å². The van der Waals surface area contributed by atoms with Gasteiger partial charge in [0.1, 0.15) is 0 Å². The predicted molar refractivity (Wildman–Crippen MR) is 107 cm³/mol. The molecule has 0 radical (unpaired) electrons. The van der Waals surface area contributed by atoms with Crippen LogP contribution in [-0.4, -0.2) is 26.2 Å². The van der Waals surface area contributed by atoms with Crippen LogP contribution >= 0.6 is 0 Å². The normalized spacial score (nSPS) is 14.6. The maximum atomic E-state index is 2.50. The van der Waals surface area contributed by atoms with E-state index < -0.39 is 0 Å². The van der Waals surface area contributed by atoms with E-state index in [-0.39, 0.29) is 0 Å². The van der Waals surface area contributed by atoms with Gasteiger partial charge in [-0.15, -0.1) is 0 Å². The summed E-state index contributed by atoms with van der Waals surface area (Å²) >= 11 is 0. The van der Waals surface area contributed by atoms with Gasteiger partial charge in [0, 0.05) is 37.6 Å². The van der Waals surface area contributed by atoms with Gasteiger partial charge in [0.25, 0.3) is 0 Å². The Labute approximate surface area is 150 Å². The summed E-state index contributed by atoms with van der Waals surface area (Å²) in [6.45, 7) is 6.40. The quantitative estimate of drug-likeness (QED) is 0.668. The largest absolute Gasteiger partial charge is 0.368 e. The van der Waals surface area contributed by atoms with Crippen LogP contribution in [0.4, 0.5) is 11.4 Å². The summed E-state index contributed by atoms with van der Waals surface area (Å²) in [7, 11) is 0. The van der Waals surface area contributed by atoms with E-state index in [9.17, 15) is 0 Å². The summed E-state index contributed by atoms with van der Waals surface area (Å²) in [6.07, 6.45) is 0. The molecule has 126 valence electrons. The molecule has 3 aromatic rings. The van der Waals surface area contributed by atoms with Crippen LogP contribution in [0.15, 0.2) is 78.9 Å². The molecule has 0 aliphatic carbocycles. The molecule has 0 amide bonds. The molecule has 1 saturated heterocycles. The summed E-state index contributed by atoms with van der Waals surface area (Å²) in [5.74, 6) is 0. The molecule has 0 N–H and O–H groups in total. The van der Waals surface area contributed by atoms with Crippen molar-refractivity contribution < 1.29 is 0 Å². The van der Waals surface area contributed by atoms with Gasteiger partial charge in [-0.1, -0.05) is 60.2 Å². The van der Waals surface area contributed by atoms with Gasteiger partial charge in [-0.25, -0.2) is 0 Å². The molecule has 0 unspecified atom stereocenters. The summed E-state index contributed by atoms with van der Waals surface area (Å²) < 4.78 is 0. The fraction of sp³-hybridized carbons (Fsp3) is 0.217. The Kier molecular flexibility index (Phi) is 4.43. The molecule has 3 aromatic carbocycles. The van der Waals surface area contributed by atoms with E-state index in [0.717, 1.165) is 26.2 Å². The van der Waals surface area contributed by atoms with Crippen molar-refractivity contribution in [3.63, 3.8) is 0 Å². The third-order valence-electron chi connectivity index (χ3n) is 5.00. The van der Waals surface area contributed by atoms with E-state index in [1.54, 1.807) is 0 Å². The molecule has 0 spiro atoms. The minimum absolute atomic E-state index is 1.06. The first-order chi connectivity index (χ1) is 12.3. The summed E-state index contributed by atoms with van der Waals surface area (Å²) in [6, 6.07) is 28.4. The van der Waals surface area contributed by atoms with Crippen molar-refractivity contribution >= 4 is 11.4 Å². The average Bonchev–Trinajstić information content (AvgIpc) is 2.70. The Bertz CT molecular complexity index is 816. The van der Waals surface area contributed by atoms with Crippen molar-refractivity contribution in [1.29, 1.82) is 0 Å². The van der Waals surface area contributed by atoms with Crippen LogP contribution in [0.3, 0.4) is 0 Å². The number of hydrogen-bond donors (Lipinski definition) is 0. The zero-order valence-corrected chi connectivity index (χ0v) is 14.7. The van der Waals surface area contributed by atoms with Crippen LogP contribution in [0.2, 0.25) is 0 Å². The van der Waals surface area contributed by atoms with Crippen molar-refractivity contribution in [3.05, 3.63) is 84.4 Å². The third-order valence-corrected chi connectivity index (χ3v) is 5.00. The van der Waals surface area contributed by atoms with Gasteiger partial charge in [0.05, 0.1) is 0 Å². The molecule has 25 heavy (non-hydrogen) atoms. The van der Waals surface area contributed by atoms with Gasteiger partial charge in [-0.2, -0.15) is 0 Å². The predicted octanol–water partition coefficient (Wildman–Crippen LogP) is 4.99. The lowest BCUT2D eigenvalue weighted by atomic mass is 10.0. The molecule has 1 fully saturated rings. The minimum Gasteiger partial charge on any atom is -0.368 e. The molecule has 1 aliphatic rings. The second-order valence-corrected chi connectivity index (χ2v) is 6.73. The van der Waals surface area contributed by atoms with Crippen LogP contribution in [0.25, 0.3) is 11.1 Å². The lowest BCUT2D eigenvalue weighted by Gasteiger charge is -2.37. The van der Waals surface area contributed by atoms with Crippen LogP contribution in [0.5, 0.6) is 0 Å². The van der Waals surface area contributed by atoms with E-state index in [1.807, 2.05) is 0 Å². The van der Waals surface area contributed by atoms with E-state index in [0.29, 0.717) is 0 Å². The first kappa shape index (κ1) is 15.8.